The summed E-state index contributed by atoms with van der Waals surface area (Å²) in [6, 6.07) is 0. The van der Waals surface area contributed by atoms with Crippen molar-refractivity contribution >= 4 is 5.82 Å². The molecule has 0 fully saturated rings. The highest BCUT2D eigenvalue weighted by Crippen LogP contribution is 2.25. The van der Waals surface area contributed by atoms with Crippen LogP contribution in [0, 0.1) is 0 Å². The predicted molar refractivity (Wildman–Crippen MR) is 82.3 cm³/mol. The lowest BCUT2D eigenvalue weighted by Gasteiger charge is -2.14. The molecular formula is C16H27N3O. The van der Waals surface area contributed by atoms with Gasteiger partial charge in [0.05, 0.1) is 0 Å². The number of aryl methyl sites for hydroxylation is 2. The lowest BCUT2D eigenvalue weighted by Crippen LogP contribution is -2.12. The maximum Gasteiger partial charge on any atom is 0.133 e. The number of methoxy groups -OCH3 is 1. The van der Waals surface area contributed by atoms with E-state index in [1.165, 1.54) is 30.5 Å². The predicted octanol–water partition coefficient (Wildman–Crippen LogP) is 3.15. The fourth-order valence-electron chi connectivity index (χ4n) is 2.70. The van der Waals surface area contributed by atoms with Crippen molar-refractivity contribution in [3.63, 3.8) is 0 Å². The highest BCUT2D eigenvalue weighted by molar-refractivity contribution is 5.47. The number of rotatable bonds is 7. The van der Waals surface area contributed by atoms with E-state index in [2.05, 4.69) is 12.2 Å². The van der Waals surface area contributed by atoms with Gasteiger partial charge in [0.2, 0.25) is 0 Å². The summed E-state index contributed by atoms with van der Waals surface area (Å²) in [5.41, 5.74) is 2.65. The van der Waals surface area contributed by atoms with Crippen LogP contribution in [0.4, 0.5) is 5.82 Å². The second-order valence-electron chi connectivity index (χ2n) is 5.50. The van der Waals surface area contributed by atoms with Gasteiger partial charge in [-0.25, -0.2) is 9.97 Å². The molecule has 0 radical (unpaired) electrons. The normalized spacial score (nSPS) is 14.7. The van der Waals surface area contributed by atoms with Gasteiger partial charge in [0.25, 0.3) is 0 Å². The van der Waals surface area contributed by atoms with Crippen LogP contribution in [0.2, 0.25) is 0 Å². The first-order valence-electron chi connectivity index (χ1n) is 7.96. The first kappa shape index (κ1) is 15.2. The van der Waals surface area contributed by atoms with Gasteiger partial charge in [-0.2, -0.15) is 0 Å². The molecule has 1 heterocycles. The van der Waals surface area contributed by atoms with Crippen LogP contribution in [0.1, 0.15) is 56.1 Å². The number of aromatic nitrogens is 2. The molecule has 0 bridgehead atoms. The van der Waals surface area contributed by atoms with Crippen LogP contribution in [0.15, 0.2) is 0 Å². The Labute approximate surface area is 122 Å². The third kappa shape index (κ3) is 4.17. The third-order valence-corrected chi connectivity index (χ3v) is 3.77. The van der Waals surface area contributed by atoms with Gasteiger partial charge in [0, 0.05) is 37.9 Å². The average molecular weight is 277 g/mol. The Morgan fingerprint density at radius 3 is 2.80 bits per heavy atom. The summed E-state index contributed by atoms with van der Waals surface area (Å²) in [5.74, 6) is 2.06. The molecular weight excluding hydrogens is 250 g/mol. The number of nitrogens with one attached hydrogen (secondary N) is 1. The second kappa shape index (κ2) is 8.20. The quantitative estimate of drug-likeness (QED) is 0.614. The van der Waals surface area contributed by atoms with Gasteiger partial charge in [-0.3, -0.25) is 0 Å². The first-order valence-corrected chi connectivity index (χ1v) is 7.96. The zero-order chi connectivity index (χ0) is 14.2. The van der Waals surface area contributed by atoms with E-state index in [0.29, 0.717) is 0 Å². The first-order chi connectivity index (χ1) is 9.85. The minimum absolute atomic E-state index is 0.776. The standard InChI is InChI=1S/C16H27N3O/c1-3-11-17-16-13-8-5-4-6-9-14(13)18-15(19-16)10-7-12-20-2/h3-12H2,1-2H3,(H,17,18,19). The molecule has 0 amide bonds. The van der Waals surface area contributed by atoms with Crippen LogP contribution < -0.4 is 5.32 Å². The molecule has 1 aliphatic rings. The third-order valence-electron chi connectivity index (χ3n) is 3.77. The molecule has 20 heavy (non-hydrogen) atoms. The SMILES string of the molecule is CCCNc1nc(CCCOC)nc2c1CCCCC2. The van der Waals surface area contributed by atoms with Crippen molar-refractivity contribution < 1.29 is 4.74 Å². The number of fused-ring (bicyclic) bond motifs is 1. The summed E-state index contributed by atoms with van der Waals surface area (Å²) in [7, 11) is 1.74. The monoisotopic (exact) mass is 277 g/mol. The molecule has 0 aliphatic heterocycles. The van der Waals surface area contributed by atoms with Gasteiger partial charge in [-0.1, -0.05) is 13.3 Å². The molecule has 4 heteroatoms. The molecule has 0 saturated carbocycles. The van der Waals surface area contributed by atoms with Gasteiger partial charge in [0.1, 0.15) is 11.6 Å². The molecule has 2 rings (SSSR count). The lowest BCUT2D eigenvalue weighted by atomic mass is 10.1. The summed E-state index contributed by atoms with van der Waals surface area (Å²) in [5, 5.41) is 3.50. The van der Waals surface area contributed by atoms with Crippen LogP contribution >= 0.6 is 0 Å². The van der Waals surface area contributed by atoms with Crippen LogP contribution in [0.25, 0.3) is 0 Å². The van der Waals surface area contributed by atoms with Crippen molar-refractivity contribution in [2.75, 3.05) is 25.6 Å². The van der Waals surface area contributed by atoms with E-state index in [0.717, 1.165) is 56.9 Å². The lowest BCUT2D eigenvalue weighted by molar-refractivity contribution is 0.194. The fourth-order valence-corrected chi connectivity index (χ4v) is 2.70. The van der Waals surface area contributed by atoms with E-state index in [1.807, 2.05) is 0 Å². The molecule has 0 spiro atoms. The molecule has 112 valence electrons. The van der Waals surface area contributed by atoms with Crippen LogP contribution in [-0.4, -0.2) is 30.2 Å². The largest absolute Gasteiger partial charge is 0.385 e. The Morgan fingerprint density at radius 2 is 2.00 bits per heavy atom. The van der Waals surface area contributed by atoms with E-state index in [9.17, 15) is 0 Å². The minimum atomic E-state index is 0.776. The van der Waals surface area contributed by atoms with Gasteiger partial charge in [-0.05, 0) is 38.5 Å². The molecule has 0 unspecified atom stereocenters. The fraction of sp³-hybridized carbons (Fsp3) is 0.750. The molecule has 0 atom stereocenters. The summed E-state index contributed by atoms with van der Waals surface area (Å²) in [4.78, 5) is 9.57. The number of ether oxygens (including phenoxy) is 1. The van der Waals surface area contributed by atoms with E-state index in [-0.39, 0.29) is 0 Å². The van der Waals surface area contributed by atoms with Gasteiger partial charge in [0.15, 0.2) is 0 Å². The van der Waals surface area contributed by atoms with Crippen molar-refractivity contribution in [2.45, 2.75) is 58.3 Å². The topological polar surface area (TPSA) is 47.0 Å². The number of anilines is 1. The van der Waals surface area contributed by atoms with Crippen molar-refractivity contribution in [3.8, 4) is 0 Å². The minimum Gasteiger partial charge on any atom is -0.385 e. The van der Waals surface area contributed by atoms with Crippen LogP contribution in [0.3, 0.4) is 0 Å². The molecule has 4 nitrogen and oxygen atoms in total. The Morgan fingerprint density at radius 1 is 1.15 bits per heavy atom. The Bertz CT molecular complexity index is 420. The molecule has 1 aromatic rings. The number of hydrogen-bond donors (Lipinski definition) is 1. The summed E-state index contributed by atoms with van der Waals surface area (Å²) in [6.07, 6.45) is 9.08. The van der Waals surface area contributed by atoms with Gasteiger partial charge in [-0.15, -0.1) is 0 Å². The molecule has 1 aromatic heterocycles. The Balaban J connectivity index is 2.19. The molecule has 0 saturated heterocycles. The molecule has 1 aliphatic carbocycles. The summed E-state index contributed by atoms with van der Waals surface area (Å²) < 4.78 is 5.12. The number of nitrogens with zero attached hydrogens (tertiary/aromatic N) is 2. The average Bonchev–Trinajstić information content (AvgIpc) is 2.70. The Kier molecular flexibility index (Phi) is 6.25. The summed E-state index contributed by atoms with van der Waals surface area (Å²) >= 11 is 0. The highest BCUT2D eigenvalue weighted by atomic mass is 16.5. The van der Waals surface area contributed by atoms with Crippen molar-refractivity contribution in [3.05, 3.63) is 17.1 Å². The maximum atomic E-state index is 5.12. The van der Waals surface area contributed by atoms with E-state index in [1.54, 1.807) is 7.11 Å². The maximum absolute atomic E-state index is 5.12. The second-order valence-corrected chi connectivity index (χ2v) is 5.50. The van der Waals surface area contributed by atoms with Gasteiger partial charge < -0.3 is 10.1 Å². The van der Waals surface area contributed by atoms with Gasteiger partial charge >= 0.3 is 0 Å². The smallest absolute Gasteiger partial charge is 0.133 e. The summed E-state index contributed by atoms with van der Waals surface area (Å²) in [6.45, 7) is 3.95. The van der Waals surface area contributed by atoms with Crippen molar-refractivity contribution in [2.24, 2.45) is 0 Å². The van der Waals surface area contributed by atoms with E-state index < -0.39 is 0 Å². The van der Waals surface area contributed by atoms with Crippen molar-refractivity contribution in [1.29, 1.82) is 0 Å². The Hall–Kier alpha value is -1.16. The zero-order valence-electron chi connectivity index (χ0n) is 12.9. The van der Waals surface area contributed by atoms with Crippen molar-refractivity contribution in [1.82, 2.24) is 9.97 Å². The van der Waals surface area contributed by atoms with Crippen LogP contribution in [0.5, 0.6) is 0 Å². The van der Waals surface area contributed by atoms with E-state index in [4.69, 9.17) is 14.7 Å². The zero-order valence-corrected chi connectivity index (χ0v) is 12.9. The highest BCUT2D eigenvalue weighted by Gasteiger charge is 2.16. The molecule has 0 aromatic carbocycles. The van der Waals surface area contributed by atoms with E-state index >= 15 is 0 Å². The molecule has 1 N–H and O–H groups in total. The van der Waals surface area contributed by atoms with Crippen LogP contribution in [-0.2, 0) is 24.0 Å². The number of hydrogen-bond acceptors (Lipinski definition) is 4.